The third kappa shape index (κ3) is 2.86. The zero-order valence-electron chi connectivity index (χ0n) is 11.7. The van der Waals surface area contributed by atoms with Crippen LogP contribution in [0.15, 0.2) is 23.1 Å². The summed E-state index contributed by atoms with van der Waals surface area (Å²) in [7, 11) is -3.62. The number of halogens is 1. The van der Waals surface area contributed by atoms with Crippen LogP contribution < -0.4 is 0 Å². The Morgan fingerprint density at radius 1 is 1.40 bits per heavy atom. The minimum absolute atomic E-state index is 0.00422. The molecule has 0 saturated carbocycles. The van der Waals surface area contributed by atoms with Crippen molar-refractivity contribution in [3.8, 4) is 0 Å². The normalized spacial score (nSPS) is 24.8. The van der Waals surface area contributed by atoms with Gasteiger partial charge in [0.2, 0.25) is 10.0 Å². The van der Waals surface area contributed by atoms with E-state index in [0.717, 1.165) is 18.4 Å². The summed E-state index contributed by atoms with van der Waals surface area (Å²) in [6.45, 7) is 4.05. The number of hydrogen-bond acceptors (Lipinski definition) is 3. The van der Waals surface area contributed by atoms with Crippen LogP contribution in [-0.2, 0) is 10.0 Å². The molecule has 0 radical (unpaired) electrons. The Morgan fingerprint density at radius 2 is 2.10 bits per heavy atom. The molecular formula is C14H20ClNO3S. The molecule has 1 aromatic rings. The predicted molar refractivity (Wildman–Crippen MR) is 79.4 cm³/mol. The van der Waals surface area contributed by atoms with Crippen molar-refractivity contribution in [2.75, 3.05) is 13.2 Å². The zero-order chi connectivity index (χ0) is 14.9. The van der Waals surface area contributed by atoms with Crippen LogP contribution in [0.5, 0.6) is 0 Å². The number of rotatable bonds is 3. The van der Waals surface area contributed by atoms with Gasteiger partial charge in [0, 0.05) is 19.2 Å². The summed E-state index contributed by atoms with van der Waals surface area (Å²) in [5.74, 6) is 0.00422. The van der Waals surface area contributed by atoms with Crippen LogP contribution in [0.25, 0.3) is 0 Å². The minimum atomic E-state index is -3.62. The van der Waals surface area contributed by atoms with Gasteiger partial charge in [-0.05, 0) is 44.2 Å². The Morgan fingerprint density at radius 3 is 2.75 bits per heavy atom. The summed E-state index contributed by atoms with van der Waals surface area (Å²) < 4.78 is 27.1. The van der Waals surface area contributed by atoms with Gasteiger partial charge in [-0.1, -0.05) is 23.7 Å². The molecule has 4 nitrogen and oxygen atoms in total. The van der Waals surface area contributed by atoms with Crippen molar-refractivity contribution in [3.63, 3.8) is 0 Å². The molecule has 2 rings (SSSR count). The molecule has 1 aliphatic heterocycles. The van der Waals surface area contributed by atoms with Gasteiger partial charge in [0.1, 0.15) is 4.90 Å². The van der Waals surface area contributed by atoms with Gasteiger partial charge in [0.05, 0.1) is 5.02 Å². The van der Waals surface area contributed by atoms with E-state index in [0.29, 0.717) is 6.54 Å². The number of hydrogen-bond donors (Lipinski definition) is 1. The molecule has 1 aliphatic rings. The smallest absolute Gasteiger partial charge is 0.244 e. The molecule has 20 heavy (non-hydrogen) atoms. The van der Waals surface area contributed by atoms with E-state index in [2.05, 4.69) is 0 Å². The van der Waals surface area contributed by atoms with Crippen LogP contribution in [0.3, 0.4) is 0 Å². The highest BCUT2D eigenvalue weighted by Crippen LogP contribution is 2.32. The first-order chi connectivity index (χ1) is 9.37. The fourth-order valence-electron chi connectivity index (χ4n) is 2.58. The summed E-state index contributed by atoms with van der Waals surface area (Å²) in [4.78, 5) is 0.157. The Bertz CT molecular complexity index is 588. The van der Waals surface area contributed by atoms with Crippen LogP contribution in [0.2, 0.25) is 5.02 Å². The van der Waals surface area contributed by atoms with E-state index in [1.54, 1.807) is 25.1 Å². The number of aliphatic hydroxyl groups is 1. The molecule has 2 atom stereocenters. The van der Waals surface area contributed by atoms with E-state index in [1.807, 2.05) is 6.92 Å². The topological polar surface area (TPSA) is 57.6 Å². The van der Waals surface area contributed by atoms with Crippen molar-refractivity contribution in [3.05, 3.63) is 28.8 Å². The molecule has 1 N–H and O–H groups in total. The molecule has 6 heteroatoms. The number of nitrogens with zero attached hydrogens (tertiary/aromatic N) is 1. The maximum atomic E-state index is 12.8. The van der Waals surface area contributed by atoms with Gasteiger partial charge >= 0.3 is 0 Å². The number of piperidine rings is 1. The van der Waals surface area contributed by atoms with Gasteiger partial charge in [-0.2, -0.15) is 4.31 Å². The summed E-state index contributed by atoms with van der Waals surface area (Å²) in [6, 6.07) is 4.96. The molecule has 1 heterocycles. The highest BCUT2D eigenvalue weighted by Gasteiger charge is 2.35. The van der Waals surface area contributed by atoms with Crippen molar-refractivity contribution in [1.29, 1.82) is 0 Å². The van der Waals surface area contributed by atoms with Crippen LogP contribution in [0, 0.1) is 12.8 Å². The van der Waals surface area contributed by atoms with Crippen molar-refractivity contribution < 1.29 is 13.5 Å². The second-order valence-corrected chi connectivity index (χ2v) is 7.67. The summed E-state index contributed by atoms with van der Waals surface area (Å²) >= 11 is 6.16. The molecule has 2 unspecified atom stereocenters. The highest BCUT2D eigenvalue weighted by atomic mass is 35.5. The lowest BCUT2D eigenvalue weighted by Crippen LogP contribution is -2.46. The van der Waals surface area contributed by atoms with E-state index in [1.165, 1.54) is 4.31 Å². The molecule has 1 aromatic carbocycles. The molecule has 0 bridgehead atoms. The molecule has 1 saturated heterocycles. The fraction of sp³-hybridized carbons (Fsp3) is 0.571. The first-order valence-corrected chi connectivity index (χ1v) is 8.57. The second-order valence-electron chi connectivity index (χ2n) is 5.44. The second kappa shape index (κ2) is 6.02. The van der Waals surface area contributed by atoms with Gasteiger partial charge in [-0.15, -0.1) is 0 Å². The van der Waals surface area contributed by atoms with Gasteiger partial charge in [-0.25, -0.2) is 8.42 Å². The lowest BCUT2D eigenvalue weighted by Gasteiger charge is -2.36. The molecule has 0 spiro atoms. The maximum absolute atomic E-state index is 12.8. The van der Waals surface area contributed by atoms with Gasteiger partial charge in [-0.3, -0.25) is 0 Å². The largest absolute Gasteiger partial charge is 0.396 e. The van der Waals surface area contributed by atoms with Crippen LogP contribution in [0.4, 0.5) is 0 Å². The van der Waals surface area contributed by atoms with Crippen molar-refractivity contribution >= 4 is 21.6 Å². The molecular weight excluding hydrogens is 298 g/mol. The Balaban J connectivity index is 2.40. The van der Waals surface area contributed by atoms with Crippen molar-refractivity contribution in [2.24, 2.45) is 5.92 Å². The third-order valence-electron chi connectivity index (χ3n) is 3.92. The van der Waals surface area contributed by atoms with Gasteiger partial charge in [0.25, 0.3) is 0 Å². The number of benzene rings is 1. The average molecular weight is 318 g/mol. The standard InChI is InChI=1S/C14H20ClNO3S/c1-10-4-3-5-13(14(10)15)20(18,19)16-8-12(9-17)7-6-11(16)2/h3-5,11-12,17H,6-9H2,1-2H3. The molecule has 0 amide bonds. The first kappa shape index (κ1) is 15.8. The minimum Gasteiger partial charge on any atom is -0.396 e. The number of aliphatic hydroxyl groups excluding tert-OH is 1. The summed E-state index contributed by atoms with van der Waals surface area (Å²) in [6.07, 6.45) is 1.61. The van der Waals surface area contributed by atoms with Gasteiger partial charge in [0.15, 0.2) is 0 Å². The summed E-state index contributed by atoms with van der Waals surface area (Å²) in [5.41, 5.74) is 0.746. The lowest BCUT2D eigenvalue weighted by atomic mass is 9.96. The SMILES string of the molecule is Cc1cccc(S(=O)(=O)N2CC(CO)CCC2C)c1Cl. The van der Waals surface area contributed by atoms with Crippen LogP contribution in [0.1, 0.15) is 25.3 Å². The van der Waals surface area contributed by atoms with E-state index in [-0.39, 0.29) is 28.5 Å². The maximum Gasteiger partial charge on any atom is 0.244 e. The van der Waals surface area contributed by atoms with Crippen LogP contribution in [-0.4, -0.2) is 37.0 Å². The number of aryl methyl sites for hydroxylation is 1. The Labute approximate surface area is 125 Å². The average Bonchev–Trinajstić information content (AvgIpc) is 2.42. The van der Waals surface area contributed by atoms with E-state index < -0.39 is 10.0 Å². The molecule has 0 aromatic heterocycles. The zero-order valence-corrected chi connectivity index (χ0v) is 13.3. The first-order valence-electron chi connectivity index (χ1n) is 6.75. The lowest BCUT2D eigenvalue weighted by molar-refractivity contribution is 0.139. The van der Waals surface area contributed by atoms with Gasteiger partial charge < -0.3 is 5.11 Å². The molecule has 1 fully saturated rings. The third-order valence-corrected chi connectivity index (χ3v) is 6.56. The monoisotopic (exact) mass is 317 g/mol. The molecule has 112 valence electrons. The predicted octanol–water partition coefficient (Wildman–Crippen LogP) is 2.43. The van der Waals surface area contributed by atoms with Crippen molar-refractivity contribution in [2.45, 2.75) is 37.6 Å². The number of sulfonamides is 1. The Hall–Kier alpha value is -0.620. The highest BCUT2D eigenvalue weighted by molar-refractivity contribution is 7.89. The van der Waals surface area contributed by atoms with E-state index >= 15 is 0 Å². The van der Waals surface area contributed by atoms with Crippen molar-refractivity contribution in [1.82, 2.24) is 4.31 Å². The van der Waals surface area contributed by atoms with E-state index in [4.69, 9.17) is 11.6 Å². The Kier molecular flexibility index (Phi) is 4.74. The summed E-state index contributed by atoms with van der Waals surface area (Å²) in [5, 5.41) is 9.57. The molecule has 0 aliphatic carbocycles. The van der Waals surface area contributed by atoms with E-state index in [9.17, 15) is 13.5 Å². The fourth-order valence-corrected chi connectivity index (χ4v) is 4.87. The quantitative estimate of drug-likeness (QED) is 0.931. The van der Waals surface area contributed by atoms with Crippen LogP contribution >= 0.6 is 11.6 Å².